The molecule has 8 heteroatoms. The number of halogens is 3. The van der Waals surface area contributed by atoms with Gasteiger partial charge in [0.2, 0.25) is 5.91 Å². The van der Waals surface area contributed by atoms with Gasteiger partial charge in [0, 0.05) is 13.0 Å². The lowest BCUT2D eigenvalue weighted by Crippen LogP contribution is -2.46. The second-order valence-corrected chi connectivity index (χ2v) is 7.91. The largest absolute Gasteiger partial charge is 0.573 e. The Balaban J connectivity index is 1.97. The predicted octanol–water partition coefficient (Wildman–Crippen LogP) is 4.56. The molecule has 2 rings (SSSR count). The zero-order valence-corrected chi connectivity index (χ0v) is 17.6. The molecule has 170 valence electrons. The van der Waals surface area contributed by atoms with E-state index >= 15 is 0 Å². The maximum Gasteiger partial charge on any atom is 0.573 e. The quantitative estimate of drug-likeness (QED) is 0.477. The van der Waals surface area contributed by atoms with Gasteiger partial charge < -0.3 is 20.1 Å². The average Bonchev–Trinajstić information content (AvgIpc) is 3.19. The van der Waals surface area contributed by atoms with Gasteiger partial charge in [0.25, 0.3) is 0 Å². The molecule has 1 saturated heterocycles. The molecule has 0 aliphatic carbocycles. The molecule has 1 heterocycles. The third kappa shape index (κ3) is 8.92. The van der Waals surface area contributed by atoms with E-state index in [1.54, 1.807) is 0 Å². The molecule has 1 fully saturated rings. The van der Waals surface area contributed by atoms with E-state index in [2.05, 4.69) is 21.9 Å². The second kappa shape index (κ2) is 12.2. The van der Waals surface area contributed by atoms with Gasteiger partial charge in [0.15, 0.2) is 0 Å². The minimum atomic E-state index is -4.76. The number of carbonyl (C=O) groups is 1. The summed E-state index contributed by atoms with van der Waals surface area (Å²) < 4.78 is 40.9. The van der Waals surface area contributed by atoms with Crippen LogP contribution in [0, 0.1) is 0 Å². The molecular weight excluding hydrogens is 397 g/mol. The summed E-state index contributed by atoms with van der Waals surface area (Å²) in [6, 6.07) is 4.63. The van der Waals surface area contributed by atoms with Gasteiger partial charge in [-0.05, 0) is 50.0 Å². The van der Waals surface area contributed by atoms with E-state index in [0.717, 1.165) is 58.0 Å². The first-order chi connectivity index (χ1) is 14.3. The Kier molecular flexibility index (Phi) is 9.91. The van der Waals surface area contributed by atoms with Crippen molar-refractivity contribution in [1.82, 2.24) is 10.2 Å². The SMILES string of the molecule is CCCCCCCC(=O)N[C@H](CN1CCCC1)[C@H](O)c1ccc(OC(F)(F)F)cc1. The predicted molar refractivity (Wildman–Crippen MR) is 109 cm³/mol. The minimum Gasteiger partial charge on any atom is -0.406 e. The first kappa shape index (κ1) is 24.5. The van der Waals surface area contributed by atoms with Crippen LogP contribution < -0.4 is 10.1 Å². The molecule has 1 aromatic rings. The lowest BCUT2D eigenvalue weighted by molar-refractivity contribution is -0.274. The zero-order chi connectivity index (χ0) is 22.0. The van der Waals surface area contributed by atoms with Crippen molar-refractivity contribution in [2.24, 2.45) is 0 Å². The highest BCUT2D eigenvalue weighted by Crippen LogP contribution is 2.26. The van der Waals surface area contributed by atoms with Crippen LogP contribution in [0.25, 0.3) is 0 Å². The molecule has 0 radical (unpaired) electrons. The van der Waals surface area contributed by atoms with Crippen LogP contribution in [0.3, 0.4) is 0 Å². The number of amides is 1. The number of hydrogen-bond donors (Lipinski definition) is 2. The van der Waals surface area contributed by atoms with Crippen molar-refractivity contribution in [3.05, 3.63) is 29.8 Å². The number of rotatable bonds is 12. The molecule has 0 bridgehead atoms. The Morgan fingerprint density at radius 2 is 1.77 bits per heavy atom. The van der Waals surface area contributed by atoms with Crippen LogP contribution in [-0.4, -0.2) is 48.0 Å². The highest BCUT2D eigenvalue weighted by Gasteiger charge is 2.31. The standard InChI is InChI=1S/C22H33F3N2O3/c1-2-3-4-5-6-9-20(28)26-19(16-27-14-7-8-15-27)21(29)17-10-12-18(13-11-17)30-22(23,24)25/h10-13,19,21,29H,2-9,14-16H2,1H3,(H,26,28)/t19-,21-/m1/s1. The van der Waals surface area contributed by atoms with Crippen molar-refractivity contribution in [2.45, 2.75) is 76.8 Å². The number of aliphatic hydroxyl groups excluding tert-OH is 1. The number of unbranched alkanes of at least 4 members (excludes halogenated alkanes) is 4. The van der Waals surface area contributed by atoms with Gasteiger partial charge in [0.1, 0.15) is 11.9 Å². The first-order valence-electron chi connectivity index (χ1n) is 10.8. The molecule has 2 N–H and O–H groups in total. The summed E-state index contributed by atoms with van der Waals surface area (Å²) in [6.07, 6.45) is 2.01. The average molecular weight is 431 g/mol. The van der Waals surface area contributed by atoms with Gasteiger partial charge >= 0.3 is 6.36 Å². The fourth-order valence-corrected chi connectivity index (χ4v) is 3.73. The Labute approximate surface area is 176 Å². The fourth-order valence-electron chi connectivity index (χ4n) is 3.73. The van der Waals surface area contributed by atoms with Crippen molar-refractivity contribution in [2.75, 3.05) is 19.6 Å². The van der Waals surface area contributed by atoms with E-state index < -0.39 is 18.5 Å². The second-order valence-electron chi connectivity index (χ2n) is 7.91. The van der Waals surface area contributed by atoms with Crippen LogP contribution >= 0.6 is 0 Å². The molecule has 1 aliphatic heterocycles. The summed E-state index contributed by atoms with van der Waals surface area (Å²) in [5.41, 5.74) is 0.442. The van der Waals surface area contributed by atoms with Crippen molar-refractivity contribution in [1.29, 1.82) is 0 Å². The number of hydrogen-bond acceptors (Lipinski definition) is 4. The molecule has 0 aromatic heterocycles. The molecule has 0 unspecified atom stereocenters. The molecule has 0 spiro atoms. The topological polar surface area (TPSA) is 61.8 Å². The van der Waals surface area contributed by atoms with Crippen LogP contribution in [0.5, 0.6) is 5.75 Å². The maximum atomic E-state index is 12.4. The number of nitrogens with zero attached hydrogens (tertiary/aromatic N) is 1. The van der Waals surface area contributed by atoms with Gasteiger partial charge in [-0.1, -0.05) is 44.7 Å². The molecule has 30 heavy (non-hydrogen) atoms. The van der Waals surface area contributed by atoms with Crippen molar-refractivity contribution >= 4 is 5.91 Å². The van der Waals surface area contributed by atoms with Crippen LogP contribution in [0.15, 0.2) is 24.3 Å². The van der Waals surface area contributed by atoms with Crippen molar-refractivity contribution in [3.8, 4) is 5.75 Å². The van der Waals surface area contributed by atoms with Gasteiger partial charge in [-0.2, -0.15) is 0 Å². The molecule has 1 aliphatic rings. The minimum absolute atomic E-state index is 0.105. The van der Waals surface area contributed by atoms with E-state index in [4.69, 9.17) is 0 Å². The monoisotopic (exact) mass is 430 g/mol. The van der Waals surface area contributed by atoms with E-state index in [0.29, 0.717) is 18.5 Å². The maximum absolute atomic E-state index is 12.4. The normalized spacial score (nSPS) is 17.0. The molecular formula is C22H33F3N2O3. The van der Waals surface area contributed by atoms with Crippen LogP contribution in [-0.2, 0) is 4.79 Å². The summed E-state index contributed by atoms with van der Waals surface area (Å²) in [4.78, 5) is 14.6. The number of ether oxygens (including phenoxy) is 1. The number of aliphatic hydroxyl groups is 1. The molecule has 5 nitrogen and oxygen atoms in total. The number of benzene rings is 1. The van der Waals surface area contributed by atoms with Gasteiger partial charge in [-0.25, -0.2) is 0 Å². The Morgan fingerprint density at radius 3 is 2.37 bits per heavy atom. The third-order valence-electron chi connectivity index (χ3n) is 5.34. The summed E-state index contributed by atoms with van der Waals surface area (Å²) >= 11 is 0. The lowest BCUT2D eigenvalue weighted by atomic mass is 10.0. The molecule has 1 amide bonds. The van der Waals surface area contributed by atoms with Crippen molar-refractivity contribution < 1.29 is 27.8 Å². The summed E-state index contributed by atoms with van der Waals surface area (Å²) in [5.74, 6) is -0.447. The Bertz CT molecular complexity index is 632. The van der Waals surface area contributed by atoms with E-state index in [9.17, 15) is 23.1 Å². The Morgan fingerprint density at radius 1 is 1.13 bits per heavy atom. The summed E-state index contributed by atoms with van der Waals surface area (Å²) in [7, 11) is 0. The number of alkyl halides is 3. The number of carbonyl (C=O) groups excluding carboxylic acids is 1. The van der Waals surface area contributed by atoms with Gasteiger partial charge in [-0.15, -0.1) is 13.2 Å². The first-order valence-corrected chi connectivity index (χ1v) is 10.8. The highest BCUT2D eigenvalue weighted by molar-refractivity contribution is 5.76. The van der Waals surface area contributed by atoms with Crippen LogP contribution in [0.1, 0.15) is 70.0 Å². The van der Waals surface area contributed by atoms with Gasteiger partial charge in [-0.3, -0.25) is 4.79 Å². The lowest BCUT2D eigenvalue weighted by Gasteiger charge is -2.29. The molecule has 0 saturated carbocycles. The third-order valence-corrected chi connectivity index (χ3v) is 5.34. The molecule has 1 aromatic carbocycles. The summed E-state index contributed by atoms with van der Waals surface area (Å²) in [6.45, 7) is 4.46. The van der Waals surface area contributed by atoms with E-state index in [-0.39, 0.29) is 11.7 Å². The van der Waals surface area contributed by atoms with Gasteiger partial charge in [0.05, 0.1) is 6.04 Å². The Hall–Kier alpha value is -1.80. The fraction of sp³-hybridized carbons (Fsp3) is 0.682. The van der Waals surface area contributed by atoms with Crippen LogP contribution in [0.4, 0.5) is 13.2 Å². The van der Waals surface area contributed by atoms with E-state index in [1.807, 2.05) is 0 Å². The zero-order valence-electron chi connectivity index (χ0n) is 17.6. The van der Waals surface area contributed by atoms with Crippen molar-refractivity contribution in [3.63, 3.8) is 0 Å². The molecule has 2 atom stereocenters. The smallest absolute Gasteiger partial charge is 0.406 e. The number of likely N-dealkylation sites (tertiary alicyclic amines) is 1. The summed E-state index contributed by atoms with van der Waals surface area (Å²) in [5, 5.41) is 13.8. The highest BCUT2D eigenvalue weighted by atomic mass is 19.4. The van der Waals surface area contributed by atoms with E-state index in [1.165, 1.54) is 24.3 Å². The number of nitrogens with one attached hydrogen (secondary N) is 1. The van der Waals surface area contributed by atoms with Crippen LogP contribution in [0.2, 0.25) is 0 Å².